The fraction of sp³-hybridized carbons (Fsp3) is 0.429. The summed E-state index contributed by atoms with van der Waals surface area (Å²) in [6, 6.07) is 7.80. The van der Waals surface area contributed by atoms with Gasteiger partial charge >= 0.3 is 0 Å². The van der Waals surface area contributed by atoms with Crippen LogP contribution in [0.25, 0.3) is 11.4 Å². The number of thioether (sulfide) groups is 1. The summed E-state index contributed by atoms with van der Waals surface area (Å²) in [6.07, 6.45) is 2.05. The van der Waals surface area contributed by atoms with Gasteiger partial charge in [0.1, 0.15) is 0 Å². The molecule has 102 valence electrons. The Morgan fingerprint density at radius 3 is 2.37 bits per heavy atom. The summed E-state index contributed by atoms with van der Waals surface area (Å²) in [5.74, 6) is 1.07. The molecule has 0 bridgehead atoms. The van der Waals surface area contributed by atoms with Crippen LogP contribution >= 0.6 is 11.8 Å². The van der Waals surface area contributed by atoms with E-state index < -0.39 is 0 Å². The van der Waals surface area contributed by atoms with E-state index in [0.717, 1.165) is 5.56 Å². The van der Waals surface area contributed by atoms with Crippen LogP contribution in [0.2, 0.25) is 0 Å². The Morgan fingerprint density at radius 1 is 1.21 bits per heavy atom. The summed E-state index contributed by atoms with van der Waals surface area (Å²) in [7, 11) is 0. The first kappa shape index (κ1) is 14.1. The van der Waals surface area contributed by atoms with E-state index in [1.807, 2.05) is 30.5 Å². The predicted molar refractivity (Wildman–Crippen MR) is 77.9 cm³/mol. The van der Waals surface area contributed by atoms with Gasteiger partial charge in [0, 0.05) is 10.5 Å². The molecule has 0 aliphatic rings. The number of aromatic nitrogens is 2. The van der Waals surface area contributed by atoms with Gasteiger partial charge in [-0.15, -0.1) is 11.8 Å². The minimum atomic E-state index is -0.265. The van der Waals surface area contributed by atoms with Crippen molar-refractivity contribution in [3.63, 3.8) is 0 Å². The highest BCUT2D eigenvalue weighted by atomic mass is 32.2. The van der Waals surface area contributed by atoms with E-state index in [0.29, 0.717) is 11.7 Å². The Morgan fingerprint density at radius 2 is 1.84 bits per heavy atom. The number of hydrogen-bond donors (Lipinski definition) is 1. The molecule has 0 saturated heterocycles. The molecule has 2 aromatic rings. The zero-order valence-corrected chi connectivity index (χ0v) is 12.5. The van der Waals surface area contributed by atoms with E-state index in [1.165, 1.54) is 4.90 Å². The van der Waals surface area contributed by atoms with Crippen molar-refractivity contribution < 1.29 is 4.52 Å². The molecule has 0 saturated carbocycles. The second kappa shape index (κ2) is 5.35. The Labute approximate surface area is 117 Å². The largest absolute Gasteiger partial charge is 0.337 e. The predicted octanol–water partition coefficient (Wildman–Crippen LogP) is 3.50. The quantitative estimate of drug-likeness (QED) is 0.870. The lowest BCUT2D eigenvalue weighted by atomic mass is 9.87. The maximum absolute atomic E-state index is 6.11. The van der Waals surface area contributed by atoms with Crippen molar-refractivity contribution in [2.75, 3.05) is 6.26 Å². The van der Waals surface area contributed by atoms with Crippen molar-refractivity contribution in [3.8, 4) is 11.4 Å². The molecular weight excluding hydrogens is 258 g/mol. The minimum absolute atomic E-state index is 0.105. The molecule has 1 heterocycles. The standard InChI is InChI=1S/C14H19N3OS/c1-14(2,3)11(15)13-16-12(17-18-13)9-5-7-10(19-4)8-6-9/h5-8,11H,15H2,1-4H3/t11-/m0/s1. The van der Waals surface area contributed by atoms with Crippen LogP contribution in [-0.4, -0.2) is 16.4 Å². The zero-order chi connectivity index (χ0) is 14.0. The van der Waals surface area contributed by atoms with Gasteiger partial charge in [-0.2, -0.15) is 4.98 Å². The first-order valence-corrected chi connectivity index (χ1v) is 7.38. The van der Waals surface area contributed by atoms with Crippen LogP contribution in [0.4, 0.5) is 0 Å². The van der Waals surface area contributed by atoms with Gasteiger partial charge < -0.3 is 10.3 Å². The molecular formula is C14H19N3OS. The summed E-state index contributed by atoms with van der Waals surface area (Å²) < 4.78 is 5.27. The molecule has 5 heteroatoms. The van der Waals surface area contributed by atoms with Gasteiger partial charge in [0.2, 0.25) is 11.7 Å². The van der Waals surface area contributed by atoms with Gasteiger partial charge in [0.05, 0.1) is 6.04 Å². The third-order valence-corrected chi connectivity index (χ3v) is 3.73. The van der Waals surface area contributed by atoms with E-state index in [-0.39, 0.29) is 11.5 Å². The lowest BCUT2D eigenvalue weighted by molar-refractivity contribution is 0.253. The number of nitrogens with two attached hydrogens (primary N) is 1. The summed E-state index contributed by atoms with van der Waals surface area (Å²) in [4.78, 5) is 5.60. The number of rotatable bonds is 3. The molecule has 1 aromatic carbocycles. The van der Waals surface area contributed by atoms with E-state index in [4.69, 9.17) is 10.3 Å². The van der Waals surface area contributed by atoms with E-state index in [9.17, 15) is 0 Å². The van der Waals surface area contributed by atoms with Crippen molar-refractivity contribution >= 4 is 11.8 Å². The maximum atomic E-state index is 6.11. The Balaban J connectivity index is 2.25. The van der Waals surface area contributed by atoms with Crippen LogP contribution in [0.1, 0.15) is 32.7 Å². The average Bonchev–Trinajstić information content (AvgIpc) is 2.86. The third-order valence-electron chi connectivity index (χ3n) is 2.99. The van der Waals surface area contributed by atoms with Crippen LogP contribution < -0.4 is 5.73 Å². The van der Waals surface area contributed by atoms with Crippen LogP contribution in [-0.2, 0) is 0 Å². The lowest BCUT2D eigenvalue weighted by Crippen LogP contribution is -2.26. The van der Waals surface area contributed by atoms with Gasteiger partial charge in [-0.05, 0) is 35.9 Å². The molecule has 19 heavy (non-hydrogen) atoms. The molecule has 2 N–H and O–H groups in total. The molecule has 1 aromatic heterocycles. The maximum Gasteiger partial charge on any atom is 0.244 e. The highest BCUT2D eigenvalue weighted by molar-refractivity contribution is 7.98. The normalized spacial score (nSPS) is 13.5. The lowest BCUT2D eigenvalue weighted by Gasteiger charge is -2.23. The molecule has 0 aliphatic carbocycles. The summed E-state index contributed by atoms with van der Waals surface area (Å²) >= 11 is 1.70. The molecule has 0 amide bonds. The Kier molecular flexibility index (Phi) is 3.96. The molecule has 0 spiro atoms. The average molecular weight is 277 g/mol. The van der Waals surface area contributed by atoms with Crippen LogP contribution in [0.15, 0.2) is 33.7 Å². The van der Waals surface area contributed by atoms with Crippen molar-refractivity contribution in [1.82, 2.24) is 10.1 Å². The fourth-order valence-electron chi connectivity index (χ4n) is 1.59. The van der Waals surface area contributed by atoms with E-state index in [1.54, 1.807) is 11.8 Å². The zero-order valence-electron chi connectivity index (χ0n) is 11.7. The SMILES string of the molecule is CSc1ccc(-c2noc([C@H](N)C(C)(C)C)n2)cc1. The Hall–Kier alpha value is -1.33. The van der Waals surface area contributed by atoms with Gasteiger partial charge in [-0.25, -0.2) is 0 Å². The van der Waals surface area contributed by atoms with Gasteiger partial charge in [-0.1, -0.05) is 25.9 Å². The molecule has 0 unspecified atom stereocenters. The minimum Gasteiger partial charge on any atom is -0.337 e. The number of nitrogens with zero attached hydrogens (tertiary/aromatic N) is 2. The van der Waals surface area contributed by atoms with Crippen molar-refractivity contribution in [2.24, 2.45) is 11.1 Å². The molecule has 1 atom stereocenters. The topological polar surface area (TPSA) is 64.9 Å². The van der Waals surface area contributed by atoms with Gasteiger partial charge in [0.15, 0.2) is 0 Å². The van der Waals surface area contributed by atoms with Gasteiger partial charge in [0.25, 0.3) is 0 Å². The third kappa shape index (κ3) is 3.16. The number of hydrogen-bond acceptors (Lipinski definition) is 5. The van der Waals surface area contributed by atoms with Crippen molar-refractivity contribution in [3.05, 3.63) is 30.2 Å². The van der Waals surface area contributed by atoms with E-state index >= 15 is 0 Å². The highest BCUT2D eigenvalue weighted by Gasteiger charge is 2.27. The monoisotopic (exact) mass is 277 g/mol. The van der Waals surface area contributed by atoms with Crippen LogP contribution in [0.3, 0.4) is 0 Å². The second-order valence-corrected chi connectivity index (χ2v) is 6.41. The molecule has 0 aliphatic heterocycles. The highest BCUT2D eigenvalue weighted by Crippen LogP contribution is 2.30. The molecule has 0 radical (unpaired) electrons. The summed E-state index contributed by atoms with van der Waals surface area (Å²) in [6.45, 7) is 6.15. The van der Waals surface area contributed by atoms with Crippen molar-refractivity contribution in [2.45, 2.75) is 31.7 Å². The fourth-order valence-corrected chi connectivity index (χ4v) is 2.00. The summed E-state index contributed by atoms with van der Waals surface area (Å²) in [5, 5.41) is 4.00. The van der Waals surface area contributed by atoms with Crippen LogP contribution in [0, 0.1) is 5.41 Å². The molecule has 2 rings (SSSR count). The Bertz CT molecular complexity index is 543. The van der Waals surface area contributed by atoms with Crippen molar-refractivity contribution in [1.29, 1.82) is 0 Å². The smallest absolute Gasteiger partial charge is 0.244 e. The van der Waals surface area contributed by atoms with Crippen LogP contribution in [0.5, 0.6) is 0 Å². The first-order chi connectivity index (χ1) is 8.91. The van der Waals surface area contributed by atoms with E-state index in [2.05, 4.69) is 30.9 Å². The molecule has 4 nitrogen and oxygen atoms in total. The first-order valence-electron chi connectivity index (χ1n) is 6.15. The molecule has 0 fully saturated rings. The van der Waals surface area contributed by atoms with Gasteiger partial charge in [-0.3, -0.25) is 0 Å². The number of benzene rings is 1. The summed E-state index contributed by atoms with van der Waals surface area (Å²) in [5.41, 5.74) is 6.94. The second-order valence-electron chi connectivity index (χ2n) is 5.53.